The zero-order chi connectivity index (χ0) is 18.4. The van der Waals surface area contributed by atoms with Crippen molar-refractivity contribution in [2.45, 2.75) is 17.7 Å². The molecule has 6 nitrogen and oxygen atoms in total. The van der Waals surface area contributed by atoms with Gasteiger partial charge in [-0.15, -0.1) is 0 Å². The van der Waals surface area contributed by atoms with Crippen LogP contribution in [0.5, 0.6) is 0 Å². The van der Waals surface area contributed by atoms with E-state index >= 15 is 0 Å². The number of aliphatic carboxylic acids is 1. The number of carboxylic acids is 1. The summed E-state index contributed by atoms with van der Waals surface area (Å²) in [4.78, 5) is 26.0. The van der Waals surface area contributed by atoms with Crippen molar-refractivity contribution in [3.8, 4) is 0 Å². The molecule has 0 unspecified atom stereocenters. The Morgan fingerprint density at radius 2 is 1.84 bits per heavy atom. The minimum atomic E-state index is -3.45. The number of anilines is 1. The van der Waals surface area contributed by atoms with Crippen molar-refractivity contribution in [1.82, 2.24) is 0 Å². The summed E-state index contributed by atoms with van der Waals surface area (Å²) in [6.07, 6.45) is 1.08. The quantitative estimate of drug-likeness (QED) is 0.907. The molecule has 2 aromatic rings. The van der Waals surface area contributed by atoms with Crippen LogP contribution < -0.4 is 4.90 Å². The fourth-order valence-electron chi connectivity index (χ4n) is 3.02. The number of aryl methyl sites for hydroxylation is 1. The average molecular weight is 359 g/mol. The number of hydrogen-bond donors (Lipinski definition) is 1. The highest BCUT2D eigenvalue weighted by molar-refractivity contribution is 7.90. The molecule has 130 valence electrons. The molecule has 7 heteroatoms. The van der Waals surface area contributed by atoms with Crippen LogP contribution in [0, 0.1) is 6.92 Å². The van der Waals surface area contributed by atoms with Gasteiger partial charge in [-0.25, -0.2) is 8.42 Å². The van der Waals surface area contributed by atoms with Gasteiger partial charge in [-0.1, -0.05) is 24.3 Å². The van der Waals surface area contributed by atoms with Crippen LogP contribution in [-0.2, 0) is 14.6 Å². The number of carbonyl (C=O) groups is 2. The van der Waals surface area contributed by atoms with Gasteiger partial charge < -0.3 is 10.0 Å². The van der Waals surface area contributed by atoms with Crippen LogP contribution >= 0.6 is 0 Å². The summed E-state index contributed by atoms with van der Waals surface area (Å²) in [5.41, 5.74) is 2.02. The van der Waals surface area contributed by atoms with Crippen LogP contribution in [-0.4, -0.2) is 38.2 Å². The van der Waals surface area contributed by atoms with Crippen molar-refractivity contribution < 1.29 is 23.1 Å². The van der Waals surface area contributed by atoms with Gasteiger partial charge in [0.05, 0.1) is 4.90 Å². The number of benzene rings is 2. The number of hydrogen-bond acceptors (Lipinski definition) is 4. The largest absolute Gasteiger partial charge is 0.481 e. The monoisotopic (exact) mass is 359 g/mol. The number of sulfone groups is 1. The number of carbonyl (C=O) groups excluding carboxylic acids is 1. The van der Waals surface area contributed by atoms with E-state index < -0.39 is 27.6 Å². The fraction of sp³-hybridized carbons (Fsp3) is 0.222. The molecule has 1 heterocycles. The van der Waals surface area contributed by atoms with Crippen molar-refractivity contribution in [2.24, 2.45) is 0 Å². The first-order valence-electron chi connectivity index (χ1n) is 7.64. The van der Waals surface area contributed by atoms with Gasteiger partial charge in [0.1, 0.15) is 5.92 Å². The van der Waals surface area contributed by atoms with Gasteiger partial charge in [-0.3, -0.25) is 9.59 Å². The molecule has 0 bridgehead atoms. The SMILES string of the molecule is Cc1ccc(S(C)(=O)=O)cc1C(=O)N1C[C@@H](C(=O)O)c2ccccc21. The van der Waals surface area contributed by atoms with Gasteiger partial charge in [0, 0.05) is 24.1 Å². The second kappa shape index (κ2) is 6.00. The maximum Gasteiger partial charge on any atom is 0.312 e. The normalized spacial score (nSPS) is 16.6. The number of nitrogens with zero attached hydrogens (tertiary/aromatic N) is 1. The molecule has 0 fully saturated rings. The molecular formula is C18H17NO5S. The lowest BCUT2D eigenvalue weighted by atomic mass is 10.0. The summed E-state index contributed by atoms with van der Waals surface area (Å²) >= 11 is 0. The van der Waals surface area contributed by atoms with Gasteiger partial charge in [-0.05, 0) is 36.2 Å². The zero-order valence-corrected chi connectivity index (χ0v) is 14.6. The minimum Gasteiger partial charge on any atom is -0.481 e. The third-order valence-electron chi connectivity index (χ3n) is 4.38. The Balaban J connectivity index is 2.07. The number of amides is 1. The van der Waals surface area contributed by atoms with E-state index in [2.05, 4.69) is 0 Å². The van der Waals surface area contributed by atoms with Gasteiger partial charge in [-0.2, -0.15) is 0 Å². The predicted molar refractivity (Wildman–Crippen MR) is 92.8 cm³/mol. The molecule has 1 aliphatic rings. The highest BCUT2D eigenvalue weighted by atomic mass is 32.2. The number of rotatable bonds is 3. The molecule has 0 radical (unpaired) electrons. The van der Waals surface area contributed by atoms with E-state index in [1.165, 1.54) is 17.0 Å². The number of fused-ring (bicyclic) bond motifs is 1. The molecule has 25 heavy (non-hydrogen) atoms. The van der Waals surface area contributed by atoms with Crippen molar-refractivity contribution >= 4 is 27.4 Å². The first kappa shape index (κ1) is 17.2. The van der Waals surface area contributed by atoms with Gasteiger partial charge in [0.25, 0.3) is 5.91 Å². The van der Waals surface area contributed by atoms with E-state index in [0.29, 0.717) is 16.8 Å². The first-order chi connectivity index (χ1) is 11.7. The van der Waals surface area contributed by atoms with Crippen LogP contribution in [0.4, 0.5) is 5.69 Å². The molecular weight excluding hydrogens is 342 g/mol. The Morgan fingerprint density at radius 3 is 2.48 bits per heavy atom. The molecule has 0 saturated heterocycles. The van der Waals surface area contributed by atoms with Gasteiger partial charge in [0.2, 0.25) is 0 Å². The second-order valence-electron chi connectivity index (χ2n) is 6.11. The Labute approximate surface area is 145 Å². The van der Waals surface area contributed by atoms with E-state index in [4.69, 9.17) is 0 Å². The maximum atomic E-state index is 13.0. The maximum absolute atomic E-state index is 13.0. The molecule has 1 atom stereocenters. The van der Waals surface area contributed by atoms with E-state index in [1.54, 1.807) is 37.3 Å². The lowest BCUT2D eigenvalue weighted by Crippen LogP contribution is -2.31. The third-order valence-corrected chi connectivity index (χ3v) is 5.49. The molecule has 1 N–H and O–H groups in total. The molecule has 0 saturated carbocycles. The molecule has 1 aliphatic heterocycles. The highest BCUT2D eigenvalue weighted by Gasteiger charge is 2.37. The standard InChI is InChI=1S/C18H17NO5S/c1-11-7-8-12(25(2,23)24)9-14(11)17(20)19-10-15(18(21)22)13-5-3-4-6-16(13)19/h3-9,15H,10H2,1-2H3,(H,21,22)/t15-/m1/s1. The molecule has 0 aromatic heterocycles. The summed E-state index contributed by atoms with van der Waals surface area (Å²) in [5, 5.41) is 9.42. The molecule has 3 rings (SSSR count). The summed E-state index contributed by atoms with van der Waals surface area (Å²) < 4.78 is 23.6. The summed E-state index contributed by atoms with van der Waals surface area (Å²) in [5.74, 6) is -2.19. The molecule has 2 aromatic carbocycles. The molecule has 0 spiro atoms. The van der Waals surface area contributed by atoms with Crippen molar-refractivity contribution in [1.29, 1.82) is 0 Å². The Bertz CT molecular complexity index is 981. The second-order valence-corrected chi connectivity index (χ2v) is 8.13. The van der Waals surface area contributed by atoms with Crippen LogP contribution in [0.25, 0.3) is 0 Å². The fourth-order valence-corrected chi connectivity index (χ4v) is 3.67. The zero-order valence-electron chi connectivity index (χ0n) is 13.8. The topological polar surface area (TPSA) is 91.8 Å². The lowest BCUT2D eigenvalue weighted by Gasteiger charge is -2.19. The lowest BCUT2D eigenvalue weighted by molar-refractivity contribution is -0.138. The smallest absolute Gasteiger partial charge is 0.312 e. The van der Waals surface area contributed by atoms with Crippen molar-refractivity contribution in [3.63, 3.8) is 0 Å². The van der Waals surface area contributed by atoms with Crippen molar-refractivity contribution in [2.75, 3.05) is 17.7 Å². The average Bonchev–Trinajstić information content (AvgIpc) is 2.93. The van der Waals surface area contributed by atoms with E-state index in [1.807, 2.05) is 0 Å². The highest BCUT2D eigenvalue weighted by Crippen LogP contribution is 2.37. The molecule has 1 amide bonds. The third kappa shape index (κ3) is 3.02. The van der Waals surface area contributed by atoms with Crippen LogP contribution in [0.3, 0.4) is 0 Å². The Hall–Kier alpha value is -2.67. The van der Waals surface area contributed by atoms with E-state index in [9.17, 15) is 23.1 Å². The predicted octanol–water partition coefficient (Wildman–Crippen LogP) is 2.23. The summed E-state index contributed by atoms with van der Waals surface area (Å²) in [6.45, 7) is 1.74. The number of carboxylic acid groups (broad SMARTS) is 1. The van der Waals surface area contributed by atoms with Crippen LogP contribution in [0.2, 0.25) is 0 Å². The van der Waals surface area contributed by atoms with Crippen LogP contribution in [0.15, 0.2) is 47.4 Å². The van der Waals surface area contributed by atoms with Gasteiger partial charge >= 0.3 is 5.97 Å². The van der Waals surface area contributed by atoms with E-state index in [-0.39, 0.29) is 17.0 Å². The Kier molecular flexibility index (Phi) is 4.12. The van der Waals surface area contributed by atoms with Crippen molar-refractivity contribution in [3.05, 3.63) is 59.2 Å². The first-order valence-corrected chi connectivity index (χ1v) is 9.53. The van der Waals surface area contributed by atoms with E-state index in [0.717, 1.165) is 6.26 Å². The summed E-state index contributed by atoms with van der Waals surface area (Å²) in [6, 6.07) is 11.3. The van der Waals surface area contributed by atoms with Crippen LogP contribution in [0.1, 0.15) is 27.4 Å². The molecule has 0 aliphatic carbocycles. The Morgan fingerprint density at radius 1 is 1.16 bits per heavy atom. The van der Waals surface area contributed by atoms with Gasteiger partial charge in [0.15, 0.2) is 9.84 Å². The minimum absolute atomic E-state index is 0.0239. The number of para-hydroxylation sites is 1. The summed E-state index contributed by atoms with van der Waals surface area (Å²) in [7, 11) is -3.45.